The smallest absolute Gasteiger partial charge is 0.231 e. The maximum absolute atomic E-state index is 5.54. The van der Waals surface area contributed by atoms with Crippen LogP contribution in [0.25, 0.3) is 0 Å². The number of hydrogen-bond donors (Lipinski definition) is 3. The molecule has 37 heavy (non-hydrogen) atoms. The predicted molar refractivity (Wildman–Crippen MR) is 145 cm³/mol. The quantitative estimate of drug-likeness (QED) is 0.352. The molecule has 0 radical (unpaired) electrons. The van der Waals surface area contributed by atoms with Gasteiger partial charge in [-0.15, -0.1) is 0 Å². The zero-order chi connectivity index (χ0) is 25.2. The summed E-state index contributed by atoms with van der Waals surface area (Å²) in [4.78, 5) is 16.8. The number of nitrogens with zero attached hydrogens (tertiary/aromatic N) is 4. The zero-order valence-electron chi connectivity index (χ0n) is 22.3. The number of anilines is 3. The summed E-state index contributed by atoms with van der Waals surface area (Å²) >= 11 is 0. The number of benzene rings is 1. The van der Waals surface area contributed by atoms with Crippen molar-refractivity contribution in [3.05, 3.63) is 23.8 Å². The summed E-state index contributed by atoms with van der Waals surface area (Å²) in [5.41, 5.74) is 1.24. The summed E-state index contributed by atoms with van der Waals surface area (Å²) in [6, 6.07) is 6.01. The molecule has 1 aromatic heterocycles. The van der Waals surface area contributed by atoms with Crippen LogP contribution in [-0.2, 0) is 6.54 Å². The summed E-state index contributed by atoms with van der Waals surface area (Å²) in [5.74, 6) is 6.08. The van der Waals surface area contributed by atoms with Crippen LogP contribution in [0.2, 0.25) is 0 Å². The molecule has 1 aromatic carbocycles. The minimum absolute atomic E-state index is 0.144. The molecule has 200 valence electrons. The Labute approximate surface area is 220 Å². The van der Waals surface area contributed by atoms with Crippen molar-refractivity contribution in [3.8, 4) is 11.5 Å². The van der Waals surface area contributed by atoms with E-state index in [1.165, 1.54) is 38.5 Å². The van der Waals surface area contributed by atoms with Crippen molar-refractivity contribution >= 4 is 17.8 Å². The monoisotopic (exact) mass is 507 g/mol. The Balaban J connectivity index is 1.16. The van der Waals surface area contributed by atoms with E-state index >= 15 is 0 Å². The van der Waals surface area contributed by atoms with Crippen LogP contribution in [0.3, 0.4) is 0 Å². The molecule has 4 fully saturated rings. The van der Waals surface area contributed by atoms with Crippen LogP contribution in [-0.4, -0.2) is 58.4 Å². The van der Waals surface area contributed by atoms with E-state index in [-0.39, 0.29) is 12.3 Å². The Morgan fingerprint density at radius 2 is 1.51 bits per heavy atom. The van der Waals surface area contributed by atoms with Crippen molar-refractivity contribution < 1.29 is 9.47 Å². The maximum atomic E-state index is 5.54. The van der Waals surface area contributed by atoms with Crippen molar-refractivity contribution in [2.24, 2.45) is 17.8 Å². The van der Waals surface area contributed by atoms with Gasteiger partial charge in [-0.1, -0.05) is 19.9 Å². The van der Waals surface area contributed by atoms with Crippen LogP contribution < -0.4 is 25.4 Å². The van der Waals surface area contributed by atoms with Crippen LogP contribution in [0.15, 0.2) is 18.2 Å². The second kappa shape index (κ2) is 10.5. The maximum Gasteiger partial charge on any atom is 0.231 e. The van der Waals surface area contributed by atoms with Gasteiger partial charge in [0.15, 0.2) is 11.5 Å². The summed E-state index contributed by atoms with van der Waals surface area (Å²) in [7, 11) is 0. The molecular formula is C28H41N7O2. The fraction of sp³-hybridized carbons (Fsp3) is 0.679. The van der Waals surface area contributed by atoms with Gasteiger partial charge in [0.05, 0.1) is 0 Å². The standard InChI is InChI=1S/C28H41N7O2/c1-3-35(4-2)9-5-8-29-25-31-26(30-17-19-6-7-23-24(13-19)37-18-36-23)33-27(32-25)34-28-14-20-10-21(15-28)12-22(11-20)16-28/h6-7,13,20-22H,3-5,8-12,14-18H2,1-2H3,(H3,29,30,31,32,33,34). The second-order valence-electron chi connectivity index (χ2n) is 11.5. The van der Waals surface area contributed by atoms with Crippen LogP contribution in [0.4, 0.5) is 17.8 Å². The van der Waals surface area contributed by atoms with E-state index in [0.29, 0.717) is 24.4 Å². The molecule has 2 aromatic rings. The van der Waals surface area contributed by atoms with E-state index in [1.807, 2.05) is 18.2 Å². The van der Waals surface area contributed by atoms with Crippen molar-refractivity contribution in [1.29, 1.82) is 0 Å². The topological polar surface area (TPSA) is 96.5 Å². The molecule has 3 N–H and O–H groups in total. The van der Waals surface area contributed by atoms with Gasteiger partial charge < -0.3 is 30.3 Å². The SMILES string of the molecule is CCN(CC)CCCNc1nc(NCc2ccc3c(c2)OCO3)nc(NC23CC4CC(CC(C4)C2)C3)n1. The van der Waals surface area contributed by atoms with E-state index in [9.17, 15) is 0 Å². The molecule has 0 spiro atoms. The van der Waals surface area contributed by atoms with E-state index in [0.717, 1.165) is 67.4 Å². The third-order valence-corrected chi connectivity index (χ3v) is 8.77. The fourth-order valence-electron chi connectivity index (χ4n) is 7.37. The number of fused-ring (bicyclic) bond motifs is 1. The average Bonchev–Trinajstić information content (AvgIpc) is 3.34. The molecule has 0 atom stereocenters. The Morgan fingerprint density at radius 3 is 2.22 bits per heavy atom. The minimum atomic E-state index is 0.144. The highest BCUT2D eigenvalue weighted by molar-refractivity contribution is 5.47. The van der Waals surface area contributed by atoms with Gasteiger partial charge in [0, 0.05) is 18.6 Å². The van der Waals surface area contributed by atoms with Crippen molar-refractivity contribution in [2.45, 2.75) is 70.9 Å². The van der Waals surface area contributed by atoms with Crippen molar-refractivity contribution in [2.75, 3.05) is 48.9 Å². The van der Waals surface area contributed by atoms with E-state index < -0.39 is 0 Å². The summed E-state index contributed by atoms with van der Waals surface area (Å²) in [5, 5.41) is 10.7. The first kappa shape index (κ1) is 24.5. The molecule has 0 saturated heterocycles. The summed E-state index contributed by atoms with van der Waals surface area (Å²) in [6.07, 6.45) is 9.04. The third kappa shape index (κ3) is 5.56. The van der Waals surface area contributed by atoms with E-state index in [2.05, 4.69) is 34.7 Å². The first-order chi connectivity index (χ1) is 18.1. The second-order valence-corrected chi connectivity index (χ2v) is 11.5. The number of ether oxygens (including phenoxy) is 2. The van der Waals surface area contributed by atoms with Gasteiger partial charge in [-0.2, -0.15) is 15.0 Å². The van der Waals surface area contributed by atoms with Gasteiger partial charge >= 0.3 is 0 Å². The lowest BCUT2D eigenvalue weighted by molar-refractivity contribution is 0.0103. The molecule has 9 heteroatoms. The molecule has 4 aliphatic carbocycles. The minimum Gasteiger partial charge on any atom is -0.454 e. The highest BCUT2D eigenvalue weighted by atomic mass is 16.7. The lowest BCUT2D eigenvalue weighted by atomic mass is 9.53. The molecule has 9 nitrogen and oxygen atoms in total. The Hall–Kier alpha value is -2.81. The van der Waals surface area contributed by atoms with Crippen molar-refractivity contribution in [1.82, 2.24) is 19.9 Å². The van der Waals surface area contributed by atoms with Gasteiger partial charge in [0.1, 0.15) is 0 Å². The van der Waals surface area contributed by atoms with Gasteiger partial charge in [-0.25, -0.2) is 0 Å². The molecule has 7 rings (SSSR count). The first-order valence-electron chi connectivity index (χ1n) is 14.2. The van der Waals surface area contributed by atoms with E-state index in [4.69, 9.17) is 24.4 Å². The van der Waals surface area contributed by atoms with Gasteiger partial charge in [0.25, 0.3) is 0 Å². The van der Waals surface area contributed by atoms with Crippen LogP contribution in [0, 0.1) is 17.8 Å². The average molecular weight is 508 g/mol. The normalized spacial score (nSPS) is 27.1. The highest BCUT2D eigenvalue weighted by Gasteiger charge is 2.51. The third-order valence-electron chi connectivity index (χ3n) is 8.77. The van der Waals surface area contributed by atoms with Gasteiger partial charge in [0.2, 0.25) is 24.6 Å². The summed E-state index contributed by atoms with van der Waals surface area (Å²) < 4.78 is 11.0. The van der Waals surface area contributed by atoms with Gasteiger partial charge in [-0.05, 0) is 100 Å². The molecule has 4 saturated carbocycles. The first-order valence-corrected chi connectivity index (χ1v) is 14.2. The van der Waals surface area contributed by atoms with E-state index in [1.54, 1.807) is 0 Å². The van der Waals surface area contributed by atoms with Crippen molar-refractivity contribution in [3.63, 3.8) is 0 Å². The molecule has 0 amide bonds. The Bertz CT molecular complexity index is 1050. The Morgan fingerprint density at radius 1 is 0.865 bits per heavy atom. The van der Waals surface area contributed by atoms with Crippen LogP contribution in [0.5, 0.6) is 11.5 Å². The Kier molecular flexibility index (Phi) is 6.97. The van der Waals surface area contributed by atoms with Crippen LogP contribution >= 0.6 is 0 Å². The lowest BCUT2D eigenvalue weighted by Crippen LogP contribution is -2.55. The molecule has 0 unspecified atom stereocenters. The highest BCUT2D eigenvalue weighted by Crippen LogP contribution is 2.56. The van der Waals surface area contributed by atoms with Gasteiger partial charge in [-0.3, -0.25) is 0 Å². The molecule has 1 aliphatic heterocycles. The lowest BCUT2D eigenvalue weighted by Gasteiger charge is -2.56. The predicted octanol–water partition coefficient (Wildman–Crippen LogP) is 4.74. The number of nitrogens with one attached hydrogen (secondary N) is 3. The number of rotatable bonds is 12. The number of aromatic nitrogens is 3. The molecule has 4 bridgehead atoms. The largest absolute Gasteiger partial charge is 0.454 e. The van der Waals surface area contributed by atoms with Crippen LogP contribution in [0.1, 0.15) is 64.4 Å². The molecule has 2 heterocycles. The molecule has 5 aliphatic rings. The summed E-state index contributed by atoms with van der Waals surface area (Å²) in [6.45, 7) is 9.36. The zero-order valence-corrected chi connectivity index (χ0v) is 22.3. The number of hydrogen-bond acceptors (Lipinski definition) is 9. The fourth-order valence-corrected chi connectivity index (χ4v) is 7.37. The molecular weight excluding hydrogens is 466 g/mol.